The molecule has 0 saturated heterocycles. The Bertz CT molecular complexity index is 322. The predicted molar refractivity (Wildman–Crippen MR) is 79.2 cm³/mol. The Hall–Kier alpha value is -1.06. The molecule has 20 heavy (non-hydrogen) atoms. The number of carbonyl (C=O) groups excluding carboxylic acids is 2. The lowest BCUT2D eigenvalue weighted by atomic mass is 9.92. The van der Waals surface area contributed by atoms with Gasteiger partial charge in [-0.05, 0) is 38.5 Å². The van der Waals surface area contributed by atoms with Gasteiger partial charge in [0, 0.05) is 20.0 Å². The molecule has 0 radical (unpaired) electrons. The lowest BCUT2D eigenvalue weighted by molar-refractivity contribution is -0.155. The summed E-state index contributed by atoms with van der Waals surface area (Å²) in [5.74, 6) is -0.323. The van der Waals surface area contributed by atoms with Gasteiger partial charge in [-0.25, -0.2) is 0 Å². The molecular formula is C16H29NO3. The van der Waals surface area contributed by atoms with E-state index >= 15 is 0 Å². The van der Waals surface area contributed by atoms with Crippen LogP contribution in [0.25, 0.3) is 0 Å². The molecule has 0 aromatic heterocycles. The van der Waals surface area contributed by atoms with Crippen molar-refractivity contribution in [2.45, 2.75) is 64.9 Å². The number of ether oxygens (including phenoxy) is 1. The molecule has 1 rings (SSSR count). The molecule has 4 heteroatoms. The van der Waals surface area contributed by atoms with E-state index in [9.17, 15) is 9.59 Å². The second kappa shape index (κ2) is 8.28. The lowest BCUT2D eigenvalue weighted by Gasteiger charge is -2.25. The van der Waals surface area contributed by atoms with Crippen molar-refractivity contribution in [3.63, 3.8) is 0 Å². The average Bonchev–Trinajstić information content (AvgIpc) is 2.44. The molecule has 1 fully saturated rings. The molecule has 2 atom stereocenters. The molecule has 1 aliphatic rings. The summed E-state index contributed by atoms with van der Waals surface area (Å²) in [5, 5.41) is 0. The van der Waals surface area contributed by atoms with Crippen LogP contribution in [0.3, 0.4) is 0 Å². The van der Waals surface area contributed by atoms with Gasteiger partial charge < -0.3 is 9.64 Å². The van der Waals surface area contributed by atoms with Gasteiger partial charge in [-0.15, -0.1) is 0 Å². The zero-order valence-corrected chi connectivity index (χ0v) is 13.4. The Morgan fingerprint density at radius 1 is 1.20 bits per heavy atom. The van der Waals surface area contributed by atoms with Gasteiger partial charge in [-0.1, -0.05) is 20.3 Å². The number of hydrogen-bond donors (Lipinski definition) is 0. The maximum atomic E-state index is 12.1. The Kier molecular flexibility index (Phi) is 7.03. The first-order valence-electron chi connectivity index (χ1n) is 7.87. The Morgan fingerprint density at radius 3 is 2.30 bits per heavy atom. The summed E-state index contributed by atoms with van der Waals surface area (Å²) in [6, 6.07) is 0. The van der Waals surface area contributed by atoms with E-state index in [1.165, 1.54) is 6.42 Å². The van der Waals surface area contributed by atoms with Crippen molar-refractivity contribution in [2.75, 3.05) is 14.1 Å². The first-order valence-corrected chi connectivity index (χ1v) is 7.87. The van der Waals surface area contributed by atoms with E-state index in [0.29, 0.717) is 6.42 Å². The van der Waals surface area contributed by atoms with Crippen LogP contribution in [-0.4, -0.2) is 37.0 Å². The molecule has 2 unspecified atom stereocenters. The quantitative estimate of drug-likeness (QED) is 0.704. The Labute approximate surface area is 122 Å². The van der Waals surface area contributed by atoms with Gasteiger partial charge in [0.05, 0.1) is 5.92 Å². The average molecular weight is 283 g/mol. The minimum absolute atomic E-state index is 0.0843. The number of nitrogens with zero attached hydrogens (tertiary/aromatic N) is 1. The highest BCUT2D eigenvalue weighted by molar-refractivity contribution is 5.79. The SMILES string of the molecule is CCC(CC(C)C(=O)OC1CCCCC1)C(=O)N(C)C. The highest BCUT2D eigenvalue weighted by Crippen LogP contribution is 2.24. The Morgan fingerprint density at radius 2 is 1.80 bits per heavy atom. The van der Waals surface area contributed by atoms with Gasteiger partial charge in [0.15, 0.2) is 0 Å². The van der Waals surface area contributed by atoms with Crippen LogP contribution in [0, 0.1) is 11.8 Å². The van der Waals surface area contributed by atoms with Crippen LogP contribution >= 0.6 is 0 Å². The minimum atomic E-state index is -0.203. The molecule has 0 N–H and O–H groups in total. The lowest BCUT2D eigenvalue weighted by Crippen LogP contribution is -2.32. The van der Waals surface area contributed by atoms with Crippen molar-refractivity contribution in [1.29, 1.82) is 0 Å². The van der Waals surface area contributed by atoms with Crippen molar-refractivity contribution in [2.24, 2.45) is 11.8 Å². The van der Waals surface area contributed by atoms with E-state index in [2.05, 4.69) is 0 Å². The molecule has 1 aliphatic carbocycles. The number of amides is 1. The molecule has 4 nitrogen and oxygen atoms in total. The first-order chi connectivity index (χ1) is 9.45. The molecule has 0 aromatic rings. The van der Waals surface area contributed by atoms with Crippen LogP contribution < -0.4 is 0 Å². The maximum Gasteiger partial charge on any atom is 0.308 e. The monoisotopic (exact) mass is 283 g/mol. The highest BCUT2D eigenvalue weighted by atomic mass is 16.5. The van der Waals surface area contributed by atoms with Crippen LogP contribution in [0.4, 0.5) is 0 Å². The van der Waals surface area contributed by atoms with Crippen molar-refractivity contribution >= 4 is 11.9 Å². The highest BCUT2D eigenvalue weighted by Gasteiger charge is 2.27. The first kappa shape index (κ1) is 17.0. The van der Waals surface area contributed by atoms with E-state index in [-0.39, 0.29) is 29.8 Å². The molecule has 1 saturated carbocycles. The number of hydrogen-bond acceptors (Lipinski definition) is 3. The number of esters is 1. The van der Waals surface area contributed by atoms with Crippen molar-refractivity contribution in [1.82, 2.24) is 4.90 Å². The van der Waals surface area contributed by atoms with Gasteiger partial charge in [0.25, 0.3) is 0 Å². The van der Waals surface area contributed by atoms with Crippen LogP contribution in [0.5, 0.6) is 0 Å². The largest absolute Gasteiger partial charge is 0.462 e. The van der Waals surface area contributed by atoms with Crippen LogP contribution in [0.15, 0.2) is 0 Å². The summed E-state index contributed by atoms with van der Waals surface area (Å²) in [5.41, 5.74) is 0. The molecule has 0 bridgehead atoms. The van der Waals surface area contributed by atoms with Crippen LogP contribution in [-0.2, 0) is 14.3 Å². The summed E-state index contributed by atoms with van der Waals surface area (Å²) in [6.45, 7) is 3.86. The van der Waals surface area contributed by atoms with Gasteiger partial charge >= 0.3 is 5.97 Å². The van der Waals surface area contributed by atoms with Crippen LogP contribution in [0.2, 0.25) is 0 Å². The zero-order valence-electron chi connectivity index (χ0n) is 13.4. The topological polar surface area (TPSA) is 46.6 Å². The van der Waals surface area contributed by atoms with Gasteiger partial charge in [-0.2, -0.15) is 0 Å². The van der Waals surface area contributed by atoms with Gasteiger partial charge in [0.1, 0.15) is 6.10 Å². The molecular weight excluding hydrogens is 254 g/mol. The summed E-state index contributed by atoms with van der Waals surface area (Å²) < 4.78 is 5.57. The van der Waals surface area contributed by atoms with E-state index in [0.717, 1.165) is 32.1 Å². The number of rotatable bonds is 6. The van der Waals surface area contributed by atoms with E-state index < -0.39 is 0 Å². The van der Waals surface area contributed by atoms with Crippen molar-refractivity contribution in [3.8, 4) is 0 Å². The third-order valence-corrected chi connectivity index (χ3v) is 4.16. The molecule has 0 aliphatic heterocycles. The van der Waals surface area contributed by atoms with E-state index in [1.807, 2.05) is 13.8 Å². The standard InChI is InChI=1S/C16H29NO3/c1-5-13(15(18)17(3)4)11-12(2)16(19)20-14-9-7-6-8-10-14/h12-14H,5-11H2,1-4H3. The number of carbonyl (C=O) groups is 2. The molecule has 0 heterocycles. The fourth-order valence-electron chi connectivity index (χ4n) is 2.79. The summed E-state index contributed by atoms with van der Waals surface area (Å²) in [4.78, 5) is 25.7. The normalized spacial score (nSPS) is 19.2. The summed E-state index contributed by atoms with van der Waals surface area (Å²) in [6.07, 6.45) is 6.99. The fourth-order valence-corrected chi connectivity index (χ4v) is 2.79. The second-order valence-electron chi connectivity index (χ2n) is 6.17. The van der Waals surface area contributed by atoms with Gasteiger partial charge in [0.2, 0.25) is 5.91 Å². The second-order valence-corrected chi connectivity index (χ2v) is 6.17. The van der Waals surface area contributed by atoms with Gasteiger partial charge in [-0.3, -0.25) is 9.59 Å². The fraction of sp³-hybridized carbons (Fsp3) is 0.875. The minimum Gasteiger partial charge on any atom is -0.462 e. The van der Waals surface area contributed by atoms with Crippen molar-refractivity contribution in [3.05, 3.63) is 0 Å². The predicted octanol–water partition coefficient (Wildman–Crippen LogP) is 3.00. The van der Waals surface area contributed by atoms with Crippen LogP contribution in [0.1, 0.15) is 58.8 Å². The molecule has 116 valence electrons. The molecule has 0 spiro atoms. The van der Waals surface area contributed by atoms with E-state index in [1.54, 1.807) is 19.0 Å². The Balaban J connectivity index is 2.44. The summed E-state index contributed by atoms with van der Waals surface area (Å²) in [7, 11) is 3.52. The third kappa shape index (κ3) is 5.14. The third-order valence-electron chi connectivity index (χ3n) is 4.16. The van der Waals surface area contributed by atoms with E-state index in [4.69, 9.17) is 4.74 Å². The smallest absolute Gasteiger partial charge is 0.308 e. The summed E-state index contributed by atoms with van der Waals surface area (Å²) >= 11 is 0. The maximum absolute atomic E-state index is 12.1. The molecule has 0 aromatic carbocycles. The van der Waals surface area contributed by atoms with Crippen molar-refractivity contribution < 1.29 is 14.3 Å². The zero-order chi connectivity index (χ0) is 15.1. The molecule has 1 amide bonds.